The lowest BCUT2D eigenvalue weighted by atomic mass is 10.2. The van der Waals surface area contributed by atoms with Crippen LogP contribution < -0.4 is 15.1 Å². The molecule has 2 N–H and O–H groups in total. The molecule has 1 aliphatic heterocycles. The smallest absolute Gasteiger partial charge is 0.345 e. The lowest BCUT2D eigenvalue weighted by Crippen LogP contribution is -2.47. The molecule has 0 bridgehead atoms. The van der Waals surface area contributed by atoms with Crippen LogP contribution in [-0.2, 0) is 11.0 Å². The lowest BCUT2D eigenvalue weighted by molar-refractivity contribution is -0.137. The highest BCUT2D eigenvalue weighted by Crippen LogP contribution is 2.33. The number of aromatic nitrogens is 3. The van der Waals surface area contributed by atoms with E-state index >= 15 is 0 Å². The minimum absolute atomic E-state index is 0.0693. The first-order chi connectivity index (χ1) is 14.6. The van der Waals surface area contributed by atoms with Crippen LogP contribution in [0.4, 0.5) is 29.6 Å². The van der Waals surface area contributed by atoms with Crippen LogP contribution in [0.25, 0.3) is 11.0 Å². The van der Waals surface area contributed by atoms with E-state index in [1.807, 2.05) is 0 Å². The number of aromatic amines is 1. The topological polar surface area (TPSA) is 94.2 Å². The van der Waals surface area contributed by atoms with Crippen molar-refractivity contribution in [2.75, 3.05) is 23.4 Å². The van der Waals surface area contributed by atoms with Gasteiger partial charge in [0.2, 0.25) is 0 Å². The molecule has 0 aliphatic carbocycles. The van der Waals surface area contributed by atoms with Gasteiger partial charge in [-0.05, 0) is 31.2 Å². The number of carbonyl (C=O) groups excluding carboxylic acids is 2. The number of hydrogen-bond donors (Lipinski definition) is 2. The standard InChI is InChI=1S/C19H16ClF3N6O2/c1-9-5-10(19(21,22)23)6-15(26-9)29-13(8-25-18(29)31)17(30)28(2)14-4-3-11-12(20)7-24-16(11)27-14/h3-7,13H,8H2,1-2H3,(H,24,27)(H,25,31). The van der Waals surface area contributed by atoms with Gasteiger partial charge in [0.15, 0.2) is 0 Å². The second kappa shape index (κ2) is 7.41. The molecule has 1 saturated heterocycles. The number of halogens is 4. The summed E-state index contributed by atoms with van der Waals surface area (Å²) in [7, 11) is 1.47. The minimum atomic E-state index is -4.62. The van der Waals surface area contributed by atoms with Crippen molar-refractivity contribution in [2.45, 2.75) is 19.1 Å². The molecule has 31 heavy (non-hydrogen) atoms. The molecule has 3 aromatic rings. The van der Waals surface area contributed by atoms with Crippen LogP contribution >= 0.6 is 11.6 Å². The summed E-state index contributed by atoms with van der Waals surface area (Å²) in [5, 5.41) is 3.64. The Morgan fingerprint density at radius 1 is 1.29 bits per heavy atom. The van der Waals surface area contributed by atoms with Gasteiger partial charge in [0.1, 0.15) is 23.3 Å². The maximum Gasteiger partial charge on any atom is 0.416 e. The molecule has 4 heterocycles. The number of hydrogen-bond acceptors (Lipinski definition) is 4. The van der Waals surface area contributed by atoms with E-state index in [1.54, 1.807) is 18.3 Å². The fourth-order valence-electron chi connectivity index (χ4n) is 3.39. The van der Waals surface area contributed by atoms with Gasteiger partial charge in [-0.3, -0.25) is 14.6 Å². The van der Waals surface area contributed by atoms with Gasteiger partial charge in [0.25, 0.3) is 5.91 Å². The van der Waals surface area contributed by atoms with E-state index in [2.05, 4.69) is 20.3 Å². The summed E-state index contributed by atoms with van der Waals surface area (Å²) >= 11 is 6.04. The number of anilines is 2. The number of nitrogens with zero attached hydrogens (tertiary/aromatic N) is 4. The van der Waals surface area contributed by atoms with E-state index in [-0.39, 0.29) is 23.9 Å². The summed E-state index contributed by atoms with van der Waals surface area (Å²) < 4.78 is 39.7. The first-order valence-electron chi connectivity index (χ1n) is 9.10. The number of likely N-dealkylation sites (N-methyl/N-ethyl adjacent to an activating group) is 1. The van der Waals surface area contributed by atoms with E-state index in [0.29, 0.717) is 16.1 Å². The van der Waals surface area contributed by atoms with Gasteiger partial charge in [-0.25, -0.2) is 14.8 Å². The molecule has 1 aliphatic rings. The van der Waals surface area contributed by atoms with Gasteiger partial charge in [0.05, 0.1) is 10.6 Å². The summed E-state index contributed by atoms with van der Waals surface area (Å²) in [5.74, 6) is -0.517. The van der Waals surface area contributed by atoms with E-state index in [1.165, 1.54) is 18.9 Å². The summed E-state index contributed by atoms with van der Waals surface area (Å²) in [6, 6.07) is 3.09. The van der Waals surface area contributed by atoms with Crippen LogP contribution in [0, 0.1) is 6.92 Å². The number of carbonyl (C=O) groups is 2. The fourth-order valence-corrected chi connectivity index (χ4v) is 3.59. The predicted octanol–water partition coefficient (Wildman–Crippen LogP) is 3.50. The van der Waals surface area contributed by atoms with Crippen molar-refractivity contribution >= 4 is 46.2 Å². The average Bonchev–Trinajstić information content (AvgIpc) is 3.28. The SMILES string of the molecule is Cc1cc(C(F)(F)F)cc(N2C(=O)NCC2C(=O)N(C)c2ccc3c(Cl)c[nH]c3n2)n1. The van der Waals surface area contributed by atoms with Crippen LogP contribution in [0.2, 0.25) is 5.02 Å². The van der Waals surface area contributed by atoms with Crippen molar-refractivity contribution in [3.63, 3.8) is 0 Å². The Labute approximate surface area is 179 Å². The third-order valence-electron chi connectivity index (χ3n) is 4.92. The third-order valence-corrected chi connectivity index (χ3v) is 5.24. The van der Waals surface area contributed by atoms with Gasteiger partial charge in [-0.1, -0.05) is 11.6 Å². The Kier molecular flexibility index (Phi) is 5.00. The normalized spacial score (nSPS) is 16.6. The Hall–Kier alpha value is -3.34. The summed E-state index contributed by atoms with van der Waals surface area (Å²) in [6.07, 6.45) is -3.06. The molecular weight excluding hydrogens is 437 g/mol. The summed E-state index contributed by atoms with van der Waals surface area (Å²) in [6.45, 7) is 1.30. The number of fused-ring (bicyclic) bond motifs is 1. The highest BCUT2D eigenvalue weighted by molar-refractivity contribution is 6.35. The van der Waals surface area contributed by atoms with Crippen molar-refractivity contribution in [3.8, 4) is 0 Å². The molecule has 4 rings (SSSR count). The van der Waals surface area contributed by atoms with Crippen LogP contribution in [0.15, 0.2) is 30.5 Å². The van der Waals surface area contributed by atoms with Crippen molar-refractivity contribution in [3.05, 3.63) is 46.7 Å². The van der Waals surface area contributed by atoms with Gasteiger partial charge in [-0.15, -0.1) is 0 Å². The molecule has 1 fully saturated rings. The molecule has 0 spiro atoms. The lowest BCUT2D eigenvalue weighted by Gasteiger charge is -2.26. The van der Waals surface area contributed by atoms with Crippen LogP contribution in [0.3, 0.4) is 0 Å². The summed E-state index contributed by atoms with van der Waals surface area (Å²) in [5.41, 5.74) is -0.417. The van der Waals surface area contributed by atoms with E-state index < -0.39 is 29.7 Å². The first kappa shape index (κ1) is 20.9. The van der Waals surface area contributed by atoms with Crippen molar-refractivity contribution < 1.29 is 22.8 Å². The van der Waals surface area contributed by atoms with Crippen LogP contribution in [0.5, 0.6) is 0 Å². The van der Waals surface area contributed by atoms with Gasteiger partial charge < -0.3 is 10.3 Å². The van der Waals surface area contributed by atoms with Gasteiger partial charge >= 0.3 is 12.2 Å². The Morgan fingerprint density at radius 2 is 2.03 bits per heavy atom. The van der Waals surface area contributed by atoms with Crippen LogP contribution in [-0.4, -0.2) is 46.5 Å². The molecule has 0 radical (unpaired) electrons. The van der Waals surface area contributed by atoms with Crippen LogP contribution in [0.1, 0.15) is 11.3 Å². The second-order valence-corrected chi connectivity index (χ2v) is 7.43. The molecule has 3 amide bonds. The van der Waals surface area contributed by atoms with E-state index in [0.717, 1.165) is 17.0 Å². The molecule has 0 aromatic carbocycles. The van der Waals surface area contributed by atoms with E-state index in [9.17, 15) is 22.8 Å². The molecule has 12 heteroatoms. The number of aryl methyl sites for hydroxylation is 1. The minimum Gasteiger partial charge on any atom is -0.345 e. The number of amides is 3. The Balaban J connectivity index is 1.67. The highest BCUT2D eigenvalue weighted by Gasteiger charge is 2.41. The first-order valence-corrected chi connectivity index (χ1v) is 9.48. The number of urea groups is 1. The van der Waals surface area contributed by atoms with Gasteiger partial charge in [-0.2, -0.15) is 13.2 Å². The largest absolute Gasteiger partial charge is 0.416 e. The third kappa shape index (κ3) is 3.76. The number of nitrogens with one attached hydrogen (secondary N) is 2. The summed E-state index contributed by atoms with van der Waals surface area (Å²) in [4.78, 5) is 39.0. The van der Waals surface area contributed by atoms with Gasteiger partial charge in [0, 0.05) is 30.9 Å². The zero-order valence-electron chi connectivity index (χ0n) is 16.3. The molecule has 0 saturated carbocycles. The van der Waals surface area contributed by atoms with Crippen molar-refractivity contribution in [2.24, 2.45) is 0 Å². The predicted molar refractivity (Wildman–Crippen MR) is 108 cm³/mol. The highest BCUT2D eigenvalue weighted by atomic mass is 35.5. The zero-order valence-corrected chi connectivity index (χ0v) is 17.0. The fraction of sp³-hybridized carbons (Fsp3) is 0.263. The molecule has 1 atom stereocenters. The molecular formula is C19H16ClF3N6O2. The number of H-pyrrole nitrogens is 1. The second-order valence-electron chi connectivity index (χ2n) is 7.02. The molecule has 3 aromatic heterocycles. The monoisotopic (exact) mass is 452 g/mol. The van der Waals surface area contributed by atoms with Crippen molar-refractivity contribution in [1.29, 1.82) is 0 Å². The Morgan fingerprint density at radius 3 is 2.74 bits per heavy atom. The molecule has 162 valence electrons. The maximum absolute atomic E-state index is 13.2. The maximum atomic E-state index is 13.2. The quantitative estimate of drug-likeness (QED) is 0.636. The number of rotatable bonds is 3. The molecule has 8 nitrogen and oxygen atoms in total. The molecule has 1 unspecified atom stereocenters. The van der Waals surface area contributed by atoms with E-state index in [4.69, 9.17) is 11.6 Å². The van der Waals surface area contributed by atoms with Crippen molar-refractivity contribution in [1.82, 2.24) is 20.3 Å². The zero-order chi connectivity index (χ0) is 22.5. The number of pyridine rings is 2. The number of alkyl halides is 3. The average molecular weight is 453 g/mol. The Bertz CT molecular complexity index is 1200.